The van der Waals surface area contributed by atoms with Crippen LogP contribution in [0.2, 0.25) is 0 Å². The molecule has 1 aromatic carbocycles. The van der Waals surface area contributed by atoms with Crippen molar-refractivity contribution in [1.82, 2.24) is 30.5 Å². The van der Waals surface area contributed by atoms with Crippen LogP contribution in [0.25, 0.3) is 34.2 Å². The highest BCUT2D eigenvalue weighted by Crippen LogP contribution is 2.23. The summed E-state index contributed by atoms with van der Waals surface area (Å²) in [6.07, 6.45) is 3.36. The summed E-state index contributed by atoms with van der Waals surface area (Å²) in [4.78, 5) is 4.35. The molecule has 7 heteroatoms. The quantitative estimate of drug-likeness (QED) is 0.600. The number of H-pyrrole nitrogens is 2. The predicted molar refractivity (Wildman–Crippen MR) is 74.9 cm³/mol. The number of benzene rings is 1. The topological polar surface area (TPSA) is 96.3 Å². The molecular weight excluding hydrogens is 268 g/mol. The fraction of sp³-hybridized carbons (Fsp3) is 0. The molecule has 0 aliphatic heterocycles. The smallest absolute Gasteiger partial charge is 0.276 e. The second-order valence-electron chi connectivity index (χ2n) is 4.44. The van der Waals surface area contributed by atoms with Gasteiger partial charge in [0.2, 0.25) is 5.82 Å². The first-order valence-electron chi connectivity index (χ1n) is 6.34. The molecule has 3 aromatic heterocycles. The third kappa shape index (κ3) is 2.10. The van der Waals surface area contributed by atoms with Crippen molar-refractivity contribution in [2.24, 2.45) is 0 Å². The maximum Gasteiger partial charge on any atom is 0.276 e. The van der Waals surface area contributed by atoms with Gasteiger partial charge in [0.05, 0.1) is 5.69 Å². The second kappa shape index (κ2) is 4.71. The molecule has 102 valence electrons. The Labute approximate surface area is 119 Å². The molecular formula is C14H10N6O. The Hall–Kier alpha value is -3.22. The predicted octanol–water partition coefficient (Wildman–Crippen LogP) is 2.52. The number of aromatic amines is 2. The van der Waals surface area contributed by atoms with Gasteiger partial charge in [0.1, 0.15) is 5.69 Å². The van der Waals surface area contributed by atoms with E-state index in [2.05, 4.69) is 30.5 Å². The van der Waals surface area contributed by atoms with E-state index in [0.717, 1.165) is 16.8 Å². The highest BCUT2D eigenvalue weighted by Gasteiger charge is 2.11. The van der Waals surface area contributed by atoms with Gasteiger partial charge in [-0.05, 0) is 17.7 Å². The van der Waals surface area contributed by atoms with Gasteiger partial charge in [-0.15, -0.1) is 0 Å². The van der Waals surface area contributed by atoms with Gasteiger partial charge in [0.15, 0.2) is 0 Å². The van der Waals surface area contributed by atoms with E-state index in [0.29, 0.717) is 17.4 Å². The zero-order valence-electron chi connectivity index (χ0n) is 10.8. The van der Waals surface area contributed by atoms with Crippen molar-refractivity contribution in [2.45, 2.75) is 0 Å². The number of aromatic nitrogens is 6. The largest absolute Gasteiger partial charge is 0.332 e. The van der Waals surface area contributed by atoms with Crippen molar-refractivity contribution in [3.8, 4) is 34.2 Å². The van der Waals surface area contributed by atoms with E-state index in [1.165, 1.54) is 0 Å². The van der Waals surface area contributed by atoms with Crippen LogP contribution in [0.4, 0.5) is 0 Å². The molecule has 0 bridgehead atoms. The lowest BCUT2D eigenvalue weighted by molar-refractivity contribution is 0.431. The summed E-state index contributed by atoms with van der Waals surface area (Å²) < 4.78 is 5.22. The van der Waals surface area contributed by atoms with Gasteiger partial charge < -0.3 is 4.52 Å². The van der Waals surface area contributed by atoms with Crippen molar-refractivity contribution < 1.29 is 4.52 Å². The van der Waals surface area contributed by atoms with Gasteiger partial charge in [-0.1, -0.05) is 29.4 Å². The molecule has 0 amide bonds. The Kier molecular flexibility index (Phi) is 2.60. The molecule has 0 aliphatic carbocycles. The molecule has 7 nitrogen and oxygen atoms in total. The average Bonchev–Trinajstić information content (AvgIpc) is 3.27. The van der Waals surface area contributed by atoms with Gasteiger partial charge in [0, 0.05) is 18.0 Å². The van der Waals surface area contributed by atoms with Crippen LogP contribution in [-0.4, -0.2) is 30.5 Å². The van der Waals surface area contributed by atoms with Crippen molar-refractivity contribution in [3.63, 3.8) is 0 Å². The lowest BCUT2D eigenvalue weighted by atomic mass is 10.1. The van der Waals surface area contributed by atoms with Crippen molar-refractivity contribution in [1.29, 1.82) is 0 Å². The molecule has 0 atom stereocenters. The van der Waals surface area contributed by atoms with Crippen LogP contribution in [0, 0.1) is 0 Å². The third-order valence-electron chi connectivity index (χ3n) is 3.11. The first-order chi connectivity index (χ1) is 10.4. The van der Waals surface area contributed by atoms with E-state index in [-0.39, 0.29) is 0 Å². The summed E-state index contributed by atoms with van der Waals surface area (Å²) in [5, 5.41) is 17.5. The normalized spacial score (nSPS) is 10.9. The van der Waals surface area contributed by atoms with E-state index in [1.807, 2.05) is 30.3 Å². The average molecular weight is 278 g/mol. The fourth-order valence-corrected chi connectivity index (χ4v) is 2.04. The zero-order chi connectivity index (χ0) is 14.1. The highest BCUT2D eigenvalue weighted by molar-refractivity contribution is 5.65. The number of rotatable bonds is 3. The third-order valence-corrected chi connectivity index (χ3v) is 3.11. The maximum absolute atomic E-state index is 5.22. The summed E-state index contributed by atoms with van der Waals surface area (Å²) >= 11 is 0. The Morgan fingerprint density at radius 2 is 1.43 bits per heavy atom. The molecule has 0 aliphatic rings. The summed E-state index contributed by atoms with van der Waals surface area (Å²) in [6.45, 7) is 0. The molecule has 0 saturated carbocycles. The lowest BCUT2D eigenvalue weighted by Crippen LogP contribution is -1.83. The van der Waals surface area contributed by atoms with Gasteiger partial charge in [-0.2, -0.15) is 15.2 Å². The van der Waals surface area contributed by atoms with Gasteiger partial charge >= 0.3 is 0 Å². The van der Waals surface area contributed by atoms with E-state index >= 15 is 0 Å². The Morgan fingerprint density at radius 1 is 0.762 bits per heavy atom. The molecule has 0 fully saturated rings. The summed E-state index contributed by atoms with van der Waals surface area (Å²) in [5.41, 5.74) is 3.59. The number of hydrogen-bond acceptors (Lipinski definition) is 5. The van der Waals surface area contributed by atoms with Crippen molar-refractivity contribution in [3.05, 3.63) is 48.8 Å². The molecule has 2 N–H and O–H groups in total. The fourth-order valence-electron chi connectivity index (χ4n) is 2.04. The standard InChI is InChI=1S/C14H10N6O/c1-3-10(4-2-9(1)11-5-7-15-18-11)13-17-14(21-20-13)12-6-8-16-19-12/h1-8H,(H,15,18)(H,16,19). The highest BCUT2D eigenvalue weighted by atomic mass is 16.5. The van der Waals surface area contributed by atoms with Gasteiger partial charge in [-0.3, -0.25) is 10.2 Å². The zero-order valence-corrected chi connectivity index (χ0v) is 10.8. The molecule has 4 aromatic rings. The monoisotopic (exact) mass is 278 g/mol. The molecule has 3 heterocycles. The second-order valence-corrected chi connectivity index (χ2v) is 4.44. The molecule has 21 heavy (non-hydrogen) atoms. The lowest BCUT2D eigenvalue weighted by Gasteiger charge is -1.98. The van der Waals surface area contributed by atoms with Crippen LogP contribution in [0.5, 0.6) is 0 Å². The van der Waals surface area contributed by atoms with Crippen molar-refractivity contribution in [2.75, 3.05) is 0 Å². The van der Waals surface area contributed by atoms with Crippen LogP contribution < -0.4 is 0 Å². The minimum atomic E-state index is 0.417. The summed E-state index contributed by atoms with van der Waals surface area (Å²) in [5.74, 6) is 0.955. The van der Waals surface area contributed by atoms with Crippen LogP contribution in [0.1, 0.15) is 0 Å². The molecule has 4 rings (SSSR count). The van der Waals surface area contributed by atoms with Crippen LogP contribution in [0.3, 0.4) is 0 Å². The Bertz CT molecular complexity index is 830. The Balaban J connectivity index is 1.65. The maximum atomic E-state index is 5.22. The van der Waals surface area contributed by atoms with E-state index < -0.39 is 0 Å². The molecule has 0 unspecified atom stereocenters. The number of nitrogens with one attached hydrogen (secondary N) is 2. The van der Waals surface area contributed by atoms with Gasteiger partial charge in [0.25, 0.3) is 5.89 Å². The van der Waals surface area contributed by atoms with E-state index in [1.54, 1.807) is 18.5 Å². The first kappa shape index (κ1) is 11.6. The Morgan fingerprint density at radius 3 is 2.10 bits per heavy atom. The molecule has 0 saturated heterocycles. The SMILES string of the molecule is c1cc(-c2ccc(-c3noc(-c4ccn[nH]4)n3)cc2)[nH]n1. The van der Waals surface area contributed by atoms with E-state index in [9.17, 15) is 0 Å². The minimum Gasteiger partial charge on any atom is -0.332 e. The van der Waals surface area contributed by atoms with Crippen LogP contribution in [-0.2, 0) is 0 Å². The number of nitrogens with zero attached hydrogens (tertiary/aromatic N) is 4. The molecule has 0 radical (unpaired) electrons. The number of hydrogen-bond donors (Lipinski definition) is 2. The van der Waals surface area contributed by atoms with Gasteiger partial charge in [-0.25, -0.2) is 0 Å². The summed E-state index contributed by atoms with van der Waals surface area (Å²) in [6, 6.07) is 11.5. The van der Waals surface area contributed by atoms with Crippen LogP contribution in [0.15, 0.2) is 53.3 Å². The van der Waals surface area contributed by atoms with Crippen LogP contribution >= 0.6 is 0 Å². The first-order valence-corrected chi connectivity index (χ1v) is 6.34. The van der Waals surface area contributed by atoms with Crippen molar-refractivity contribution >= 4 is 0 Å². The van der Waals surface area contributed by atoms with E-state index in [4.69, 9.17) is 4.52 Å². The minimum absolute atomic E-state index is 0.417. The molecule has 0 spiro atoms. The summed E-state index contributed by atoms with van der Waals surface area (Å²) in [7, 11) is 0.